The van der Waals surface area contributed by atoms with E-state index in [9.17, 15) is 8.42 Å². The smallest absolute Gasteiger partial charge is 0.279 e. The van der Waals surface area contributed by atoms with Gasteiger partial charge in [0.2, 0.25) is 0 Å². The van der Waals surface area contributed by atoms with E-state index in [-0.39, 0.29) is 6.04 Å². The summed E-state index contributed by atoms with van der Waals surface area (Å²) in [6.07, 6.45) is 1.77. The minimum atomic E-state index is -3.32. The van der Waals surface area contributed by atoms with Crippen molar-refractivity contribution in [3.8, 4) is 0 Å². The summed E-state index contributed by atoms with van der Waals surface area (Å²) in [5, 5.41) is 0. The molecule has 0 amide bonds. The topological polar surface area (TPSA) is 75.4 Å². The standard InChI is InChI=1S/C11H25N3O2S/c1-9-6-10(2)8-14(7-9)17(15,16)13-5-4-11(3)12/h9-11,13H,4-8,12H2,1-3H3/t9-,10-,11+/m1/s1. The zero-order chi connectivity index (χ0) is 13.1. The average Bonchev–Trinajstić information content (AvgIpc) is 2.14. The van der Waals surface area contributed by atoms with Crippen LogP contribution in [-0.4, -0.2) is 38.4 Å². The molecule has 0 aromatic heterocycles. The van der Waals surface area contributed by atoms with Crippen LogP contribution in [0.2, 0.25) is 0 Å². The van der Waals surface area contributed by atoms with Gasteiger partial charge < -0.3 is 5.73 Å². The molecule has 0 bridgehead atoms. The van der Waals surface area contributed by atoms with Crippen LogP contribution >= 0.6 is 0 Å². The molecule has 0 spiro atoms. The normalized spacial score (nSPS) is 29.2. The Morgan fingerprint density at radius 3 is 2.35 bits per heavy atom. The van der Waals surface area contributed by atoms with Gasteiger partial charge in [0.15, 0.2) is 0 Å². The van der Waals surface area contributed by atoms with E-state index >= 15 is 0 Å². The minimum absolute atomic E-state index is 0.0249. The summed E-state index contributed by atoms with van der Waals surface area (Å²) < 4.78 is 28.2. The Hall–Kier alpha value is -0.170. The molecule has 0 aromatic rings. The number of piperidine rings is 1. The van der Waals surface area contributed by atoms with E-state index in [0.717, 1.165) is 6.42 Å². The first-order valence-corrected chi connectivity index (χ1v) is 7.75. The van der Waals surface area contributed by atoms with Gasteiger partial charge in [-0.15, -0.1) is 0 Å². The second-order valence-electron chi connectivity index (χ2n) is 5.43. The van der Waals surface area contributed by atoms with Crippen LogP contribution in [0.15, 0.2) is 0 Å². The molecule has 0 saturated carbocycles. The van der Waals surface area contributed by atoms with Crippen molar-refractivity contribution >= 4 is 10.2 Å². The second-order valence-corrected chi connectivity index (χ2v) is 7.18. The van der Waals surface area contributed by atoms with Gasteiger partial charge in [0.1, 0.15) is 0 Å². The van der Waals surface area contributed by atoms with Gasteiger partial charge in [0.25, 0.3) is 10.2 Å². The third kappa shape index (κ3) is 4.91. The fourth-order valence-electron chi connectivity index (χ4n) is 2.31. The lowest BCUT2D eigenvalue weighted by atomic mass is 9.94. The maximum atomic E-state index is 12.0. The fraction of sp³-hybridized carbons (Fsp3) is 1.00. The molecule has 1 aliphatic rings. The minimum Gasteiger partial charge on any atom is -0.328 e. The molecule has 1 heterocycles. The average molecular weight is 263 g/mol. The lowest BCUT2D eigenvalue weighted by molar-refractivity contribution is 0.220. The van der Waals surface area contributed by atoms with Crippen molar-refractivity contribution in [2.75, 3.05) is 19.6 Å². The Morgan fingerprint density at radius 2 is 1.88 bits per heavy atom. The summed E-state index contributed by atoms with van der Waals surface area (Å²) in [4.78, 5) is 0. The Morgan fingerprint density at radius 1 is 1.35 bits per heavy atom. The van der Waals surface area contributed by atoms with Gasteiger partial charge in [-0.2, -0.15) is 12.7 Å². The van der Waals surface area contributed by atoms with Gasteiger partial charge in [-0.25, -0.2) is 4.72 Å². The summed E-state index contributed by atoms with van der Waals surface area (Å²) in [6, 6.07) is 0.0249. The second kappa shape index (κ2) is 6.13. The van der Waals surface area contributed by atoms with E-state index in [4.69, 9.17) is 5.73 Å². The quantitative estimate of drug-likeness (QED) is 0.760. The van der Waals surface area contributed by atoms with Crippen molar-refractivity contribution < 1.29 is 8.42 Å². The van der Waals surface area contributed by atoms with Gasteiger partial charge in [-0.05, 0) is 31.6 Å². The summed E-state index contributed by atoms with van der Waals surface area (Å²) in [5.41, 5.74) is 5.60. The molecule has 0 radical (unpaired) electrons. The van der Waals surface area contributed by atoms with Crippen molar-refractivity contribution in [2.45, 2.75) is 39.7 Å². The van der Waals surface area contributed by atoms with Crippen molar-refractivity contribution in [3.63, 3.8) is 0 Å². The molecule has 6 heteroatoms. The van der Waals surface area contributed by atoms with E-state index in [1.807, 2.05) is 6.92 Å². The first kappa shape index (κ1) is 14.9. The molecular weight excluding hydrogens is 238 g/mol. The predicted molar refractivity (Wildman–Crippen MR) is 69.7 cm³/mol. The van der Waals surface area contributed by atoms with Gasteiger partial charge in [0, 0.05) is 25.7 Å². The van der Waals surface area contributed by atoms with Crippen LogP contribution in [0.25, 0.3) is 0 Å². The number of nitrogens with zero attached hydrogens (tertiary/aromatic N) is 1. The summed E-state index contributed by atoms with van der Waals surface area (Å²) in [5.74, 6) is 0.868. The van der Waals surface area contributed by atoms with Crippen LogP contribution in [0.5, 0.6) is 0 Å². The molecule has 1 fully saturated rings. The maximum Gasteiger partial charge on any atom is 0.279 e. The third-order valence-electron chi connectivity index (χ3n) is 3.06. The molecular formula is C11H25N3O2S. The molecule has 1 saturated heterocycles. The highest BCUT2D eigenvalue weighted by Gasteiger charge is 2.29. The SMILES string of the molecule is C[C@@H]1C[C@@H](C)CN(S(=O)(=O)NCC[C@H](C)N)C1. The predicted octanol–water partition coefficient (Wildman–Crippen LogP) is 0.536. The highest BCUT2D eigenvalue weighted by Crippen LogP contribution is 2.22. The first-order chi connectivity index (χ1) is 7.81. The molecule has 1 aliphatic heterocycles. The van der Waals surface area contributed by atoms with Crippen LogP contribution in [0.1, 0.15) is 33.6 Å². The van der Waals surface area contributed by atoms with Crippen molar-refractivity contribution in [1.29, 1.82) is 0 Å². The Balaban J connectivity index is 2.51. The lowest BCUT2D eigenvalue weighted by Crippen LogP contribution is -2.48. The van der Waals surface area contributed by atoms with Crippen LogP contribution < -0.4 is 10.5 Å². The van der Waals surface area contributed by atoms with Crippen molar-refractivity contribution in [3.05, 3.63) is 0 Å². The molecule has 102 valence electrons. The molecule has 0 aromatic carbocycles. The number of rotatable bonds is 5. The lowest BCUT2D eigenvalue weighted by Gasteiger charge is -2.34. The zero-order valence-corrected chi connectivity index (χ0v) is 11.8. The monoisotopic (exact) mass is 263 g/mol. The van der Waals surface area contributed by atoms with Crippen LogP contribution in [0, 0.1) is 11.8 Å². The number of hydrogen-bond donors (Lipinski definition) is 2. The van der Waals surface area contributed by atoms with Crippen molar-refractivity contribution in [1.82, 2.24) is 9.03 Å². The molecule has 0 unspecified atom stereocenters. The van der Waals surface area contributed by atoms with E-state index in [1.165, 1.54) is 0 Å². The summed E-state index contributed by atoms with van der Waals surface area (Å²) in [7, 11) is -3.32. The summed E-state index contributed by atoms with van der Waals surface area (Å²) >= 11 is 0. The van der Waals surface area contributed by atoms with Gasteiger partial charge >= 0.3 is 0 Å². The largest absolute Gasteiger partial charge is 0.328 e. The van der Waals surface area contributed by atoms with E-state index in [2.05, 4.69) is 18.6 Å². The van der Waals surface area contributed by atoms with E-state index in [0.29, 0.717) is 37.9 Å². The van der Waals surface area contributed by atoms with E-state index in [1.54, 1.807) is 4.31 Å². The molecule has 5 nitrogen and oxygen atoms in total. The van der Waals surface area contributed by atoms with Gasteiger partial charge in [0.05, 0.1) is 0 Å². The van der Waals surface area contributed by atoms with Crippen LogP contribution in [0.4, 0.5) is 0 Å². The first-order valence-electron chi connectivity index (χ1n) is 6.31. The van der Waals surface area contributed by atoms with Gasteiger partial charge in [-0.1, -0.05) is 13.8 Å². The van der Waals surface area contributed by atoms with Crippen LogP contribution in [0.3, 0.4) is 0 Å². The fourth-order valence-corrected chi connectivity index (χ4v) is 3.77. The summed E-state index contributed by atoms with van der Waals surface area (Å²) in [6.45, 7) is 7.73. The molecule has 0 aliphatic carbocycles. The van der Waals surface area contributed by atoms with E-state index < -0.39 is 10.2 Å². The molecule has 3 atom stereocenters. The maximum absolute atomic E-state index is 12.0. The van der Waals surface area contributed by atoms with Gasteiger partial charge in [-0.3, -0.25) is 0 Å². The highest BCUT2D eigenvalue weighted by atomic mass is 32.2. The Bertz CT molecular complexity index is 320. The van der Waals surface area contributed by atoms with Crippen molar-refractivity contribution in [2.24, 2.45) is 17.6 Å². The molecule has 1 rings (SSSR count). The molecule has 3 N–H and O–H groups in total. The number of hydrogen-bond acceptors (Lipinski definition) is 3. The Kier molecular flexibility index (Phi) is 5.37. The Labute approximate surface area is 105 Å². The number of nitrogens with two attached hydrogens (primary N) is 1. The van der Waals surface area contributed by atoms with Crippen LogP contribution in [-0.2, 0) is 10.2 Å². The molecule has 17 heavy (non-hydrogen) atoms. The third-order valence-corrected chi connectivity index (χ3v) is 4.61. The highest BCUT2D eigenvalue weighted by molar-refractivity contribution is 7.87. The zero-order valence-electron chi connectivity index (χ0n) is 11.0. The number of nitrogens with one attached hydrogen (secondary N) is 1.